The van der Waals surface area contributed by atoms with Crippen LogP contribution in [-0.2, 0) is 17.9 Å². The Labute approximate surface area is 151 Å². The third-order valence-electron chi connectivity index (χ3n) is 4.77. The van der Waals surface area contributed by atoms with Crippen LogP contribution < -0.4 is 5.32 Å². The van der Waals surface area contributed by atoms with E-state index in [4.69, 9.17) is 0 Å². The van der Waals surface area contributed by atoms with Gasteiger partial charge in [0.15, 0.2) is 0 Å². The molecule has 1 N–H and O–H groups in total. The predicted octanol–water partition coefficient (Wildman–Crippen LogP) is 3.61. The summed E-state index contributed by atoms with van der Waals surface area (Å²) < 4.78 is 26.9. The van der Waals surface area contributed by atoms with Crippen molar-refractivity contribution in [1.29, 1.82) is 0 Å². The molecule has 3 nitrogen and oxygen atoms in total. The van der Waals surface area contributed by atoms with Crippen molar-refractivity contribution in [2.75, 3.05) is 6.54 Å². The van der Waals surface area contributed by atoms with Gasteiger partial charge in [-0.25, -0.2) is 8.78 Å². The minimum Gasteiger partial charge on any atom is -0.333 e. The van der Waals surface area contributed by atoms with E-state index in [0.29, 0.717) is 13.1 Å². The molecular formula is C19H19ClF2N2O. The molecule has 1 fully saturated rings. The molecule has 0 bridgehead atoms. The fourth-order valence-electron chi connectivity index (χ4n) is 3.58. The monoisotopic (exact) mass is 364 g/mol. The second-order valence-electron chi connectivity index (χ2n) is 6.50. The number of alkyl halides is 2. The molecule has 132 valence electrons. The molecule has 1 unspecified atom stereocenters. The Hall–Kier alpha value is -1.98. The van der Waals surface area contributed by atoms with E-state index < -0.39 is 24.9 Å². The average molecular weight is 365 g/mol. The summed E-state index contributed by atoms with van der Waals surface area (Å²) in [6, 6.07) is 15.1. The van der Waals surface area contributed by atoms with Crippen molar-refractivity contribution in [3.05, 3.63) is 59.7 Å². The number of nitrogens with one attached hydrogen (secondary N) is 1. The summed E-state index contributed by atoms with van der Waals surface area (Å²) >= 11 is 0. The lowest BCUT2D eigenvalue weighted by molar-refractivity contribution is -0.135. The number of benzene rings is 2. The van der Waals surface area contributed by atoms with E-state index in [-0.39, 0.29) is 18.3 Å². The van der Waals surface area contributed by atoms with Crippen LogP contribution in [0, 0.1) is 0 Å². The SMILES string of the molecule is Cl.O=C(C1CC(F)(F)CN1)N1Cc2ccccc2-c2ccccc2C1. The first-order chi connectivity index (χ1) is 11.5. The van der Waals surface area contributed by atoms with Gasteiger partial charge in [0.25, 0.3) is 5.92 Å². The Balaban J connectivity index is 0.00000182. The van der Waals surface area contributed by atoms with Gasteiger partial charge in [0.1, 0.15) is 0 Å². The van der Waals surface area contributed by atoms with E-state index in [1.165, 1.54) is 0 Å². The van der Waals surface area contributed by atoms with Gasteiger partial charge in [-0.05, 0) is 22.3 Å². The number of hydrogen-bond donors (Lipinski definition) is 1. The molecule has 0 aliphatic carbocycles. The summed E-state index contributed by atoms with van der Waals surface area (Å²) in [6.07, 6.45) is -0.425. The number of fused-ring (bicyclic) bond motifs is 3. The van der Waals surface area contributed by atoms with E-state index >= 15 is 0 Å². The molecule has 0 saturated carbocycles. The average Bonchev–Trinajstić information content (AvgIpc) is 2.85. The largest absolute Gasteiger partial charge is 0.333 e. The van der Waals surface area contributed by atoms with Gasteiger partial charge in [0.05, 0.1) is 12.6 Å². The molecule has 2 heterocycles. The van der Waals surface area contributed by atoms with Crippen molar-refractivity contribution < 1.29 is 13.6 Å². The van der Waals surface area contributed by atoms with E-state index in [0.717, 1.165) is 22.3 Å². The third kappa shape index (κ3) is 3.39. The standard InChI is InChI=1S/C19H18F2N2O.ClH/c20-19(21)9-17(22-12-19)18(24)23-10-13-5-1-3-7-15(13)16-8-4-2-6-14(16)11-23;/h1-8,17,22H,9-12H2;1H. The van der Waals surface area contributed by atoms with Crippen LogP contribution in [0.2, 0.25) is 0 Å². The summed E-state index contributed by atoms with van der Waals surface area (Å²) in [6.45, 7) is 0.450. The summed E-state index contributed by atoms with van der Waals surface area (Å²) in [7, 11) is 0. The van der Waals surface area contributed by atoms with Gasteiger partial charge in [0.2, 0.25) is 5.91 Å². The van der Waals surface area contributed by atoms with Gasteiger partial charge < -0.3 is 4.90 Å². The number of carbonyl (C=O) groups excluding carboxylic acids is 1. The van der Waals surface area contributed by atoms with E-state index in [9.17, 15) is 13.6 Å². The lowest BCUT2D eigenvalue weighted by Crippen LogP contribution is -2.42. The first-order valence-electron chi connectivity index (χ1n) is 8.10. The van der Waals surface area contributed by atoms with Gasteiger partial charge >= 0.3 is 0 Å². The Morgan fingerprint density at radius 3 is 2.00 bits per heavy atom. The first-order valence-corrected chi connectivity index (χ1v) is 8.10. The summed E-state index contributed by atoms with van der Waals surface area (Å²) in [5, 5.41) is 2.67. The minimum absolute atomic E-state index is 0. The lowest BCUT2D eigenvalue weighted by atomic mass is 9.97. The van der Waals surface area contributed by atoms with E-state index in [2.05, 4.69) is 5.32 Å². The van der Waals surface area contributed by atoms with E-state index in [1.54, 1.807) is 4.90 Å². The predicted molar refractivity (Wildman–Crippen MR) is 94.7 cm³/mol. The fraction of sp³-hybridized carbons (Fsp3) is 0.316. The Kier molecular flexibility index (Phi) is 4.80. The van der Waals surface area contributed by atoms with Crippen molar-refractivity contribution in [1.82, 2.24) is 10.2 Å². The molecule has 1 amide bonds. The highest BCUT2D eigenvalue weighted by molar-refractivity contribution is 5.85. The maximum Gasteiger partial charge on any atom is 0.262 e. The van der Waals surface area contributed by atoms with Crippen LogP contribution in [0.15, 0.2) is 48.5 Å². The van der Waals surface area contributed by atoms with Crippen LogP contribution in [0.5, 0.6) is 0 Å². The highest BCUT2D eigenvalue weighted by Gasteiger charge is 2.43. The summed E-state index contributed by atoms with van der Waals surface area (Å²) in [5.41, 5.74) is 4.29. The van der Waals surface area contributed by atoms with Crippen molar-refractivity contribution in [2.45, 2.75) is 31.5 Å². The van der Waals surface area contributed by atoms with Crippen LogP contribution in [0.4, 0.5) is 8.78 Å². The van der Waals surface area contributed by atoms with Crippen LogP contribution in [-0.4, -0.2) is 29.3 Å². The second-order valence-corrected chi connectivity index (χ2v) is 6.50. The van der Waals surface area contributed by atoms with Crippen LogP contribution in [0.1, 0.15) is 17.5 Å². The van der Waals surface area contributed by atoms with Crippen molar-refractivity contribution >= 4 is 18.3 Å². The van der Waals surface area contributed by atoms with Gasteiger partial charge in [0, 0.05) is 19.5 Å². The molecule has 1 saturated heterocycles. The van der Waals surface area contributed by atoms with Gasteiger partial charge in [-0.15, -0.1) is 12.4 Å². The molecule has 0 spiro atoms. The zero-order valence-corrected chi connectivity index (χ0v) is 14.4. The number of hydrogen-bond acceptors (Lipinski definition) is 2. The highest BCUT2D eigenvalue weighted by Crippen LogP contribution is 2.33. The van der Waals surface area contributed by atoms with Gasteiger partial charge in [-0.1, -0.05) is 48.5 Å². The molecule has 0 radical (unpaired) electrons. The van der Waals surface area contributed by atoms with Gasteiger partial charge in [-0.2, -0.15) is 0 Å². The molecule has 4 rings (SSSR count). The van der Waals surface area contributed by atoms with Crippen LogP contribution in [0.25, 0.3) is 11.1 Å². The highest BCUT2D eigenvalue weighted by atomic mass is 35.5. The molecule has 2 aliphatic heterocycles. The third-order valence-corrected chi connectivity index (χ3v) is 4.77. The zero-order chi connectivity index (χ0) is 16.7. The summed E-state index contributed by atoms with van der Waals surface area (Å²) in [5.74, 6) is -3.05. The maximum atomic E-state index is 13.4. The van der Waals surface area contributed by atoms with Crippen molar-refractivity contribution in [2.24, 2.45) is 0 Å². The Morgan fingerprint density at radius 2 is 1.52 bits per heavy atom. The van der Waals surface area contributed by atoms with E-state index in [1.807, 2.05) is 48.5 Å². The number of halogens is 3. The molecule has 25 heavy (non-hydrogen) atoms. The minimum atomic E-state index is -2.80. The topological polar surface area (TPSA) is 32.3 Å². The number of amides is 1. The quantitative estimate of drug-likeness (QED) is 0.838. The number of carbonyl (C=O) groups is 1. The molecule has 2 aromatic carbocycles. The Morgan fingerprint density at radius 1 is 1.00 bits per heavy atom. The zero-order valence-electron chi connectivity index (χ0n) is 13.5. The molecule has 0 aromatic heterocycles. The summed E-state index contributed by atoms with van der Waals surface area (Å²) in [4.78, 5) is 14.5. The second kappa shape index (κ2) is 6.73. The Bertz CT molecular complexity index is 749. The van der Waals surface area contributed by atoms with Crippen molar-refractivity contribution in [3.8, 4) is 11.1 Å². The molecule has 1 atom stereocenters. The number of rotatable bonds is 1. The lowest BCUT2D eigenvalue weighted by Gasteiger charge is -2.24. The normalized spacial score (nSPS) is 20.9. The maximum absolute atomic E-state index is 13.4. The smallest absolute Gasteiger partial charge is 0.262 e. The van der Waals surface area contributed by atoms with Crippen LogP contribution in [0.3, 0.4) is 0 Å². The first kappa shape index (κ1) is 17.8. The molecule has 6 heteroatoms. The van der Waals surface area contributed by atoms with Crippen LogP contribution >= 0.6 is 12.4 Å². The molecular weight excluding hydrogens is 346 g/mol. The fourth-order valence-corrected chi connectivity index (χ4v) is 3.58. The molecule has 2 aliphatic rings. The van der Waals surface area contributed by atoms with Crippen molar-refractivity contribution in [3.63, 3.8) is 0 Å². The number of nitrogens with zero attached hydrogens (tertiary/aromatic N) is 1. The van der Waals surface area contributed by atoms with Gasteiger partial charge in [-0.3, -0.25) is 10.1 Å². The molecule has 2 aromatic rings.